The van der Waals surface area contributed by atoms with Gasteiger partial charge in [0.2, 0.25) is 11.6 Å². The molecule has 0 atom stereocenters. The number of aliphatic hydroxyl groups is 1. The van der Waals surface area contributed by atoms with Crippen LogP contribution >= 0.6 is 0 Å². The molecule has 154 valence electrons. The van der Waals surface area contributed by atoms with Crippen molar-refractivity contribution in [3.05, 3.63) is 71.0 Å². The molecule has 0 fully saturated rings. The van der Waals surface area contributed by atoms with E-state index in [9.17, 15) is 15.2 Å². The van der Waals surface area contributed by atoms with Gasteiger partial charge in [-0.05, 0) is 43.3 Å². The lowest BCUT2D eigenvalue weighted by Crippen LogP contribution is -2.28. The Labute approximate surface area is 173 Å². The molecular formula is C20H21N7O3. The van der Waals surface area contributed by atoms with Crippen LogP contribution in [0, 0.1) is 10.1 Å². The number of anilines is 3. The summed E-state index contributed by atoms with van der Waals surface area (Å²) in [6.07, 6.45) is 1.26. The minimum Gasteiger partial charge on any atom is -0.395 e. The van der Waals surface area contributed by atoms with Gasteiger partial charge in [0.1, 0.15) is 6.33 Å². The second-order valence-electron chi connectivity index (χ2n) is 6.16. The third kappa shape index (κ3) is 5.11. The Balaban J connectivity index is 1.82. The molecule has 0 bridgehead atoms. The van der Waals surface area contributed by atoms with Crippen LogP contribution in [0.5, 0.6) is 0 Å². The predicted octanol–water partition coefficient (Wildman–Crippen LogP) is 4.36. The molecule has 1 aromatic heterocycles. The average Bonchev–Trinajstić information content (AvgIpc) is 2.77. The van der Waals surface area contributed by atoms with Gasteiger partial charge in [0.15, 0.2) is 0 Å². The average molecular weight is 407 g/mol. The number of likely N-dealkylation sites (N-methyl/N-ethyl adjacent to an activating group) is 1. The normalized spacial score (nSPS) is 10.9. The van der Waals surface area contributed by atoms with Crippen molar-refractivity contribution in [1.82, 2.24) is 9.97 Å². The van der Waals surface area contributed by atoms with Crippen molar-refractivity contribution in [2.45, 2.75) is 6.92 Å². The predicted molar refractivity (Wildman–Crippen MR) is 114 cm³/mol. The Hall–Kier alpha value is -3.92. The molecule has 1 heterocycles. The molecule has 3 rings (SSSR count). The number of hydrogen-bond acceptors (Lipinski definition) is 9. The second kappa shape index (κ2) is 10.0. The summed E-state index contributed by atoms with van der Waals surface area (Å²) in [6, 6.07) is 16.3. The van der Waals surface area contributed by atoms with E-state index in [1.165, 1.54) is 6.33 Å². The van der Waals surface area contributed by atoms with Gasteiger partial charge in [-0.3, -0.25) is 10.1 Å². The molecule has 0 spiro atoms. The van der Waals surface area contributed by atoms with Crippen LogP contribution in [0.1, 0.15) is 6.92 Å². The van der Waals surface area contributed by atoms with Crippen LogP contribution in [0.3, 0.4) is 0 Å². The van der Waals surface area contributed by atoms with E-state index in [0.29, 0.717) is 17.9 Å². The van der Waals surface area contributed by atoms with E-state index in [2.05, 4.69) is 25.5 Å². The van der Waals surface area contributed by atoms with E-state index < -0.39 is 4.92 Å². The van der Waals surface area contributed by atoms with Gasteiger partial charge in [-0.1, -0.05) is 18.2 Å². The fourth-order valence-corrected chi connectivity index (χ4v) is 2.75. The Morgan fingerprint density at radius 2 is 1.73 bits per heavy atom. The molecule has 0 radical (unpaired) electrons. The lowest BCUT2D eigenvalue weighted by atomic mass is 10.2. The zero-order chi connectivity index (χ0) is 21.3. The molecule has 0 unspecified atom stereocenters. The summed E-state index contributed by atoms with van der Waals surface area (Å²) in [7, 11) is 0. The van der Waals surface area contributed by atoms with Gasteiger partial charge in [-0.15, -0.1) is 0 Å². The van der Waals surface area contributed by atoms with Crippen molar-refractivity contribution in [3.8, 4) is 0 Å². The number of azo groups is 1. The lowest BCUT2D eigenvalue weighted by Gasteiger charge is -2.20. The number of aliphatic hydroxyl groups excluding tert-OH is 1. The molecule has 0 saturated carbocycles. The summed E-state index contributed by atoms with van der Waals surface area (Å²) in [5, 5.41) is 32.2. The first-order chi connectivity index (χ1) is 14.6. The summed E-state index contributed by atoms with van der Waals surface area (Å²) in [5.41, 5.74) is 1.74. The van der Waals surface area contributed by atoms with Crippen LogP contribution in [0.15, 0.2) is 71.2 Å². The third-order valence-corrected chi connectivity index (χ3v) is 4.20. The van der Waals surface area contributed by atoms with Crippen LogP contribution in [0.25, 0.3) is 0 Å². The Bertz CT molecular complexity index is 1010. The molecule has 0 aliphatic carbocycles. The van der Waals surface area contributed by atoms with E-state index in [-0.39, 0.29) is 30.5 Å². The van der Waals surface area contributed by atoms with E-state index in [4.69, 9.17) is 0 Å². The molecular weight excluding hydrogens is 386 g/mol. The molecule has 30 heavy (non-hydrogen) atoms. The number of aromatic nitrogens is 2. The Morgan fingerprint density at radius 1 is 1.07 bits per heavy atom. The van der Waals surface area contributed by atoms with E-state index >= 15 is 0 Å². The highest BCUT2D eigenvalue weighted by Crippen LogP contribution is 2.33. The van der Waals surface area contributed by atoms with Gasteiger partial charge in [0.25, 0.3) is 0 Å². The van der Waals surface area contributed by atoms with Crippen molar-refractivity contribution in [3.63, 3.8) is 0 Å². The van der Waals surface area contributed by atoms with Crippen LogP contribution in [0.4, 0.5) is 34.4 Å². The van der Waals surface area contributed by atoms with Crippen molar-refractivity contribution in [1.29, 1.82) is 0 Å². The molecule has 0 aliphatic rings. The summed E-state index contributed by atoms with van der Waals surface area (Å²) in [4.78, 5) is 20.9. The van der Waals surface area contributed by atoms with Gasteiger partial charge in [-0.25, -0.2) is 9.97 Å². The van der Waals surface area contributed by atoms with E-state index in [1.807, 2.05) is 37.3 Å². The topological polar surface area (TPSA) is 129 Å². The molecule has 2 aromatic carbocycles. The quantitative estimate of drug-likeness (QED) is 0.306. The molecule has 0 amide bonds. The van der Waals surface area contributed by atoms with Crippen molar-refractivity contribution >= 4 is 34.4 Å². The summed E-state index contributed by atoms with van der Waals surface area (Å²) in [6.45, 7) is 2.38. The lowest BCUT2D eigenvalue weighted by molar-refractivity contribution is -0.383. The first kappa shape index (κ1) is 20.8. The highest BCUT2D eigenvalue weighted by Gasteiger charge is 2.26. The van der Waals surface area contributed by atoms with Crippen LogP contribution in [-0.4, -0.2) is 39.7 Å². The number of hydrogen-bond donors (Lipinski definition) is 2. The fraction of sp³-hybridized carbons (Fsp3) is 0.200. The molecule has 10 heteroatoms. The van der Waals surface area contributed by atoms with E-state index in [0.717, 1.165) is 5.69 Å². The largest absolute Gasteiger partial charge is 0.395 e. The zero-order valence-electron chi connectivity index (χ0n) is 16.3. The number of nitro groups is 1. The number of rotatable bonds is 9. The maximum Gasteiger partial charge on any atom is 0.353 e. The monoisotopic (exact) mass is 407 g/mol. The number of nitrogens with zero attached hydrogens (tertiary/aromatic N) is 6. The molecule has 10 nitrogen and oxygen atoms in total. The van der Waals surface area contributed by atoms with Crippen molar-refractivity contribution in [2.24, 2.45) is 10.2 Å². The minimum absolute atomic E-state index is 0.0695. The van der Waals surface area contributed by atoms with Crippen molar-refractivity contribution in [2.75, 3.05) is 29.9 Å². The van der Waals surface area contributed by atoms with Gasteiger partial charge < -0.3 is 15.3 Å². The maximum atomic E-state index is 11.7. The molecule has 0 saturated heterocycles. The minimum atomic E-state index is -0.528. The smallest absolute Gasteiger partial charge is 0.353 e. The maximum absolute atomic E-state index is 11.7. The van der Waals surface area contributed by atoms with Crippen molar-refractivity contribution < 1.29 is 10.0 Å². The van der Waals surface area contributed by atoms with Crippen LogP contribution in [-0.2, 0) is 0 Å². The summed E-state index contributed by atoms with van der Waals surface area (Å²) < 4.78 is 0. The first-order valence-corrected chi connectivity index (χ1v) is 9.31. The highest BCUT2D eigenvalue weighted by atomic mass is 16.6. The van der Waals surface area contributed by atoms with Gasteiger partial charge >= 0.3 is 5.69 Å². The van der Waals surface area contributed by atoms with E-state index in [1.54, 1.807) is 29.2 Å². The number of benzene rings is 2. The SMILES string of the molecule is CCN(CCO)c1ncnc(Nc2ccc(N=Nc3ccccc3)cc2)c1[N+](=O)[O-]. The Kier molecular flexibility index (Phi) is 6.95. The number of nitrogens with one attached hydrogen (secondary N) is 1. The molecule has 2 N–H and O–H groups in total. The standard InChI is InChI=1S/C20H21N7O3/c1-2-26(12-13-28)20-18(27(29)30)19(21-14-22-20)23-15-8-10-17(11-9-15)25-24-16-6-4-3-5-7-16/h3-11,14,28H,2,12-13H2,1H3,(H,21,22,23). The first-order valence-electron chi connectivity index (χ1n) is 9.31. The highest BCUT2D eigenvalue weighted by molar-refractivity contribution is 5.74. The van der Waals surface area contributed by atoms with Crippen LogP contribution < -0.4 is 10.2 Å². The Morgan fingerprint density at radius 3 is 2.33 bits per heavy atom. The zero-order valence-corrected chi connectivity index (χ0v) is 16.3. The molecule has 3 aromatic rings. The van der Waals surface area contributed by atoms with Gasteiger partial charge in [0, 0.05) is 18.8 Å². The second-order valence-corrected chi connectivity index (χ2v) is 6.16. The van der Waals surface area contributed by atoms with Crippen LogP contribution in [0.2, 0.25) is 0 Å². The summed E-state index contributed by atoms with van der Waals surface area (Å²) >= 11 is 0. The van der Waals surface area contributed by atoms with Gasteiger partial charge in [0.05, 0.1) is 22.9 Å². The van der Waals surface area contributed by atoms with Gasteiger partial charge in [-0.2, -0.15) is 10.2 Å². The third-order valence-electron chi connectivity index (χ3n) is 4.20. The molecule has 0 aliphatic heterocycles. The fourth-order valence-electron chi connectivity index (χ4n) is 2.75. The summed E-state index contributed by atoms with van der Waals surface area (Å²) in [5.74, 6) is 0.224.